The number of aryl methyl sites for hydroxylation is 2. The highest BCUT2D eigenvalue weighted by Gasteiger charge is 2.24. The second-order valence-corrected chi connectivity index (χ2v) is 10.8. The zero-order valence-electron chi connectivity index (χ0n) is 19.6. The Hall–Kier alpha value is -2.42. The molecule has 0 saturated carbocycles. The van der Waals surface area contributed by atoms with Crippen LogP contribution in [0.1, 0.15) is 30.4 Å². The Balaban J connectivity index is 1.24. The van der Waals surface area contributed by atoms with Gasteiger partial charge in [-0.3, -0.25) is 9.69 Å². The maximum absolute atomic E-state index is 12.8. The van der Waals surface area contributed by atoms with E-state index < -0.39 is 10.0 Å². The average Bonchev–Trinajstić information content (AvgIpc) is 3.23. The van der Waals surface area contributed by atoms with E-state index in [2.05, 4.69) is 45.7 Å². The largest absolute Gasteiger partial charge is 0.369 e. The quantitative estimate of drug-likeness (QED) is 0.601. The van der Waals surface area contributed by atoms with Crippen molar-refractivity contribution in [2.24, 2.45) is 0 Å². The molecule has 0 bridgehead atoms. The third-order valence-corrected chi connectivity index (χ3v) is 8.14. The van der Waals surface area contributed by atoms with Gasteiger partial charge in [-0.05, 0) is 74.7 Å². The molecule has 4 rings (SSSR count). The number of amides is 1. The molecule has 33 heavy (non-hydrogen) atoms. The van der Waals surface area contributed by atoms with Gasteiger partial charge in [-0.2, -0.15) is 0 Å². The van der Waals surface area contributed by atoms with Crippen LogP contribution < -0.4 is 14.5 Å². The fraction of sp³-hybridized carbons (Fsp3) is 0.480. The first-order valence-corrected chi connectivity index (χ1v) is 13.3. The van der Waals surface area contributed by atoms with Crippen LogP contribution in [0, 0.1) is 13.8 Å². The van der Waals surface area contributed by atoms with E-state index in [1.165, 1.54) is 11.3 Å². The highest BCUT2D eigenvalue weighted by Crippen LogP contribution is 2.26. The van der Waals surface area contributed by atoms with Gasteiger partial charge in [0.2, 0.25) is 15.9 Å². The van der Waals surface area contributed by atoms with E-state index in [1.54, 1.807) is 30.0 Å². The normalized spacial score (nSPS) is 17.7. The van der Waals surface area contributed by atoms with Crippen LogP contribution in [0.5, 0.6) is 0 Å². The molecule has 0 aromatic heterocycles. The summed E-state index contributed by atoms with van der Waals surface area (Å²) in [6.45, 7) is 9.82. The molecule has 2 aliphatic rings. The van der Waals surface area contributed by atoms with Crippen LogP contribution in [0.15, 0.2) is 47.4 Å². The van der Waals surface area contributed by atoms with Gasteiger partial charge in [-0.15, -0.1) is 0 Å². The van der Waals surface area contributed by atoms with Crippen molar-refractivity contribution in [1.82, 2.24) is 9.62 Å². The van der Waals surface area contributed by atoms with Crippen molar-refractivity contribution < 1.29 is 13.2 Å². The van der Waals surface area contributed by atoms with Gasteiger partial charge in [-0.25, -0.2) is 13.1 Å². The molecule has 0 atom stereocenters. The number of benzene rings is 2. The first-order chi connectivity index (χ1) is 15.8. The van der Waals surface area contributed by atoms with E-state index >= 15 is 0 Å². The monoisotopic (exact) mass is 470 g/mol. The van der Waals surface area contributed by atoms with E-state index in [0.717, 1.165) is 51.3 Å². The minimum Gasteiger partial charge on any atom is -0.369 e. The van der Waals surface area contributed by atoms with Gasteiger partial charge in [-0.1, -0.05) is 12.1 Å². The van der Waals surface area contributed by atoms with Gasteiger partial charge in [0.1, 0.15) is 0 Å². The number of rotatable bonds is 8. The lowest BCUT2D eigenvalue weighted by Gasteiger charge is -2.36. The third kappa shape index (κ3) is 5.75. The molecule has 7 nitrogen and oxygen atoms in total. The SMILES string of the molecule is Cc1cccc(N2CCN(CCCNS(=O)(=O)c3ccc(N4CCCC4=O)cc3C)CC2)c1. The van der Waals surface area contributed by atoms with Gasteiger partial charge >= 0.3 is 0 Å². The molecule has 2 fully saturated rings. The fourth-order valence-corrected chi connectivity index (χ4v) is 5.96. The van der Waals surface area contributed by atoms with E-state index in [1.807, 2.05) is 0 Å². The lowest BCUT2D eigenvalue weighted by molar-refractivity contribution is -0.117. The van der Waals surface area contributed by atoms with Gasteiger partial charge in [0, 0.05) is 57.1 Å². The average molecular weight is 471 g/mol. The summed E-state index contributed by atoms with van der Waals surface area (Å²) in [4.78, 5) is 18.8. The molecule has 1 N–H and O–H groups in total. The third-order valence-electron chi connectivity index (χ3n) is 6.52. The molecule has 0 spiro atoms. The summed E-state index contributed by atoms with van der Waals surface area (Å²) in [5.41, 5.74) is 3.99. The molecule has 0 radical (unpaired) electrons. The number of carbonyl (C=O) groups is 1. The van der Waals surface area contributed by atoms with Gasteiger partial charge < -0.3 is 9.80 Å². The molecule has 178 valence electrons. The maximum atomic E-state index is 12.8. The van der Waals surface area contributed by atoms with Crippen molar-refractivity contribution in [3.63, 3.8) is 0 Å². The minimum absolute atomic E-state index is 0.0999. The standard InChI is InChI=1S/C25H34N4O3S/c1-20-6-3-7-22(18-20)28-16-14-27(15-17-28)12-5-11-26-33(31,32)24-10-9-23(19-21(24)2)29-13-4-8-25(29)30/h3,6-7,9-10,18-19,26H,4-5,8,11-17H2,1-2H3. The highest BCUT2D eigenvalue weighted by molar-refractivity contribution is 7.89. The van der Waals surface area contributed by atoms with Crippen LogP contribution in [0.3, 0.4) is 0 Å². The Kier molecular flexibility index (Phi) is 7.36. The summed E-state index contributed by atoms with van der Waals surface area (Å²) in [7, 11) is -3.58. The second kappa shape index (κ2) is 10.2. The molecule has 2 aromatic carbocycles. The number of piperazine rings is 1. The molecule has 0 aliphatic carbocycles. The lowest BCUT2D eigenvalue weighted by Crippen LogP contribution is -2.47. The van der Waals surface area contributed by atoms with Crippen molar-refractivity contribution in [3.05, 3.63) is 53.6 Å². The van der Waals surface area contributed by atoms with Crippen LogP contribution in [-0.4, -0.2) is 65.0 Å². The van der Waals surface area contributed by atoms with Crippen LogP contribution in [0.2, 0.25) is 0 Å². The summed E-state index contributed by atoms with van der Waals surface area (Å²) in [5, 5.41) is 0. The highest BCUT2D eigenvalue weighted by atomic mass is 32.2. The Bertz CT molecular complexity index is 1090. The Morgan fingerprint density at radius 3 is 2.39 bits per heavy atom. The summed E-state index contributed by atoms with van der Waals surface area (Å²) in [6, 6.07) is 13.7. The zero-order chi connectivity index (χ0) is 23.4. The maximum Gasteiger partial charge on any atom is 0.240 e. The molecule has 1 amide bonds. The number of hydrogen-bond acceptors (Lipinski definition) is 5. The summed E-state index contributed by atoms with van der Waals surface area (Å²) in [6.07, 6.45) is 2.17. The van der Waals surface area contributed by atoms with Crippen molar-refractivity contribution >= 4 is 27.3 Å². The predicted octanol–water partition coefficient (Wildman–Crippen LogP) is 2.92. The van der Waals surface area contributed by atoms with Crippen molar-refractivity contribution in [2.45, 2.75) is 38.0 Å². The lowest BCUT2D eigenvalue weighted by atomic mass is 10.2. The molecular weight excluding hydrogens is 436 g/mol. The number of sulfonamides is 1. The van der Waals surface area contributed by atoms with E-state index in [0.29, 0.717) is 25.1 Å². The van der Waals surface area contributed by atoms with Crippen LogP contribution in [0.25, 0.3) is 0 Å². The Labute approximate surface area is 197 Å². The molecule has 0 unspecified atom stereocenters. The van der Waals surface area contributed by atoms with E-state index in [-0.39, 0.29) is 10.8 Å². The molecule has 2 saturated heterocycles. The summed E-state index contributed by atoms with van der Waals surface area (Å²) < 4.78 is 28.4. The minimum atomic E-state index is -3.58. The molecular formula is C25H34N4O3S. The number of carbonyl (C=O) groups excluding carboxylic acids is 1. The van der Waals surface area contributed by atoms with E-state index in [4.69, 9.17) is 0 Å². The van der Waals surface area contributed by atoms with Crippen molar-refractivity contribution in [2.75, 3.05) is 55.6 Å². The Morgan fingerprint density at radius 1 is 0.939 bits per heavy atom. The topological polar surface area (TPSA) is 73.0 Å². The number of nitrogens with one attached hydrogen (secondary N) is 1. The van der Waals surface area contributed by atoms with E-state index in [9.17, 15) is 13.2 Å². The number of nitrogens with zero attached hydrogens (tertiary/aromatic N) is 3. The fourth-order valence-electron chi connectivity index (χ4n) is 4.67. The number of hydrogen-bond donors (Lipinski definition) is 1. The van der Waals surface area contributed by atoms with Crippen molar-refractivity contribution in [3.8, 4) is 0 Å². The van der Waals surface area contributed by atoms with Crippen LogP contribution in [0.4, 0.5) is 11.4 Å². The summed E-state index contributed by atoms with van der Waals surface area (Å²) >= 11 is 0. The van der Waals surface area contributed by atoms with Gasteiger partial charge in [0.25, 0.3) is 0 Å². The smallest absolute Gasteiger partial charge is 0.240 e. The molecule has 2 aromatic rings. The van der Waals surface area contributed by atoms with Gasteiger partial charge in [0.05, 0.1) is 4.90 Å². The first kappa shape index (κ1) is 23.7. The number of anilines is 2. The zero-order valence-corrected chi connectivity index (χ0v) is 20.4. The van der Waals surface area contributed by atoms with Crippen LogP contribution >= 0.6 is 0 Å². The molecule has 2 aliphatic heterocycles. The molecule has 2 heterocycles. The van der Waals surface area contributed by atoms with Crippen molar-refractivity contribution in [1.29, 1.82) is 0 Å². The molecule has 8 heteroatoms. The van der Waals surface area contributed by atoms with Gasteiger partial charge in [0.15, 0.2) is 0 Å². The summed E-state index contributed by atoms with van der Waals surface area (Å²) in [5.74, 6) is 0.0999. The first-order valence-electron chi connectivity index (χ1n) is 11.8. The Morgan fingerprint density at radius 2 is 1.73 bits per heavy atom. The second-order valence-electron chi connectivity index (χ2n) is 9.02. The predicted molar refractivity (Wildman–Crippen MR) is 132 cm³/mol. The van der Waals surface area contributed by atoms with Crippen LogP contribution in [-0.2, 0) is 14.8 Å².